The minimum atomic E-state index is -0.263. The van der Waals surface area contributed by atoms with E-state index in [-0.39, 0.29) is 24.0 Å². The second-order valence-corrected chi connectivity index (χ2v) is 6.88. The number of nitrogens with one attached hydrogen (secondary N) is 1. The van der Waals surface area contributed by atoms with E-state index in [0.717, 1.165) is 17.0 Å². The summed E-state index contributed by atoms with van der Waals surface area (Å²) >= 11 is 0. The molecule has 1 atom stereocenters. The predicted octanol–water partition coefficient (Wildman–Crippen LogP) is 2.29. The van der Waals surface area contributed by atoms with Gasteiger partial charge in [-0.1, -0.05) is 12.1 Å². The van der Waals surface area contributed by atoms with Gasteiger partial charge in [-0.3, -0.25) is 9.78 Å². The number of amides is 1. The largest absolute Gasteiger partial charge is 0.393 e. The van der Waals surface area contributed by atoms with E-state index in [4.69, 9.17) is 0 Å². The summed E-state index contributed by atoms with van der Waals surface area (Å²) in [6, 6.07) is 11.4. The molecule has 1 aliphatic carbocycles. The molecule has 0 saturated heterocycles. The van der Waals surface area contributed by atoms with Crippen LogP contribution < -0.4 is 5.32 Å². The maximum absolute atomic E-state index is 12.5. The summed E-state index contributed by atoms with van der Waals surface area (Å²) in [5.41, 5.74) is 2.64. The van der Waals surface area contributed by atoms with Crippen LogP contribution in [-0.4, -0.2) is 31.5 Å². The average molecular weight is 350 g/mol. The Morgan fingerprint density at radius 3 is 2.85 bits per heavy atom. The molecule has 3 heterocycles. The molecule has 0 aromatic carbocycles. The second-order valence-electron chi connectivity index (χ2n) is 6.88. The van der Waals surface area contributed by atoms with E-state index in [1.54, 1.807) is 6.20 Å². The highest BCUT2D eigenvalue weighted by Crippen LogP contribution is 2.37. The fourth-order valence-electron chi connectivity index (χ4n) is 3.49. The van der Waals surface area contributed by atoms with Crippen LogP contribution in [-0.2, 0) is 11.2 Å². The van der Waals surface area contributed by atoms with Crippen LogP contribution in [0.25, 0.3) is 5.65 Å². The Hall–Kier alpha value is -2.73. The number of imidazole rings is 1. The maximum atomic E-state index is 12.5. The lowest BCUT2D eigenvalue weighted by atomic mass is 9.76. The highest BCUT2D eigenvalue weighted by atomic mass is 16.3. The normalized spacial score (nSPS) is 20.5. The SMILES string of the molecule is O=C(CCc1cn2ccccc2n1)N[C@H](c1ccccn1)C1CC(O)C1. The van der Waals surface area contributed by atoms with E-state index < -0.39 is 0 Å². The van der Waals surface area contributed by atoms with E-state index in [0.29, 0.717) is 25.7 Å². The first kappa shape index (κ1) is 16.7. The van der Waals surface area contributed by atoms with E-state index in [2.05, 4.69) is 15.3 Å². The summed E-state index contributed by atoms with van der Waals surface area (Å²) in [5.74, 6) is 0.221. The molecule has 0 radical (unpaired) electrons. The van der Waals surface area contributed by atoms with Gasteiger partial charge in [-0.25, -0.2) is 4.98 Å². The lowest BCUT2D eigenvalue weighted by Crippen LogP contribution is -2.41. The molecule has 0 bridgehead atoms. The van der Waals surface area contributed by atoms with Crippen LogP contribution in [0.4, 0.5) is 0 Å². The van der Waals surface area contributed by atoms with E-state index in [1.807, 2.05) is 53.2 Å². The summed E-state index contributed by atoms with van der Waals surface area (Å²) < 4.78 is 1.96. The summed E-state index contributed by atoms with van der Waals surface area (Å²) in [4.78, 5) is 21.4. The maximum Gasteiger partial charge on any atom is 0.220 e. The lowest BCUT2D eigenvalue weighted by Gasteiger charge is -2.37. The second kappa shape index (κ2) is 7.25. The Morgan fingerprint density at radius 2 is 2.12 bits per heavy atom. The van der Waals surface area contributed by atoms with Gasteiger partial charge in [0.25, 0.3) is 0 Å². The highest BCUT2D eigenvalue weighted by Gasteiger charge is 2.36. The minimum absolute atomic E-state index is 0.0147. The fourth-order valence-corrected chi connectivity index (χ4v) is 3.49. The van der Waals surface area contributed by atoms with Gasteiger partial charge in [0, 0.05) is 25.0 Å². The molecule has 0 aliphatic heterocycles. The minimum Gasteiger partial charge on any atom is -0.393 e. The smallest absolute Gasteiger partial charge is 0.220 e. The Morgan fingerprint density at radius 1 is 1.27 bits per heavy atom. The molecule has 6 heteroatoms. The Balaban J connectivity index is 1.40. The number of aliphatic hydroxyl groups is 1. The molecule has 0 unspecified atom stereocenters. The monoisotopic (exact) mass is 350 g/mol. The van der Waals surface area contributed by atoms with Crippen LogP contribution in [0.3, 0.4) is 0 Å². The van der Waals surface area contributed by atoms with Crippen LogP contribution in [0.5, 0.6) is 0 Å². The van der Waals surface area contributed by atoms with Gasteiger partial charge in [0.05, 0.1) is 23.5 Å². The Kier molecular flexibility index (Phi) is 4.67. The van der Waals surface area contributed by atoms with Crippen LogP contribution >= 0.6 is 0 Å². The van der Waals surface area contributed by atoms with Crippen molar-refractivity contribution in [3.63, 3.8) is 0 Å². The number of hydrogen-bond acceptors (Lipinski definition) is 4. The molecular weight excluding hydrogens is 328 g/mol. The van der Waals surface area contributed by atoms with Crippen LogP contribution in [0.15, 0.2) is 55.0 Å². The van der Waals surface area contributed by atoms with Gasteiger partial charge in [-0.2, -0.15) is 0 Å². The Bertz CT molecular complexity index is 854. The summed E-state index contributed by atoms with van der Waals surface area (Å²) in [6.45, 7) is 0. The quantitative estimate of drug-likeness (QED) is 0.715. The predicted molar refractivity (Wildman–Crippen MR) is 97.4 cm³/mol. The van der Waals surface area contributed by atoms with Crippen molar-refractivity contribution in [3.05, 3.63) is 66.4 Å². The van der Waals surface area contributed by atoms with Crippen molar-refractivity contribution in [2.24, 2.45) is 5.92 Å². The van der Waals surface area contributed by atoms with Crippen molar-refractivity contribution < 1.29 is 9.90 Å². The standard InChI is InChI=1S/C20H22N4O2/c25-16-11-14(12-16)20(17-5-1-3-9-21-17)23-19(26)8-7-15-13-24-10-4-2-6-18(24)22-15/h1-6,9-10,13-14,16,20,25H,7-8,11-12H2,(H,23,26)/t14?,16?,20-/m0/s1. The summed E-state index contributed by atoms with van der Waals surface area (Å²) in [7, 11) is 0. The molecule has 0 spiro atoms. The first-order valence-electron chi connectivity index (χ1n) is 9.00. The number of rotatable bonds is 6. The molecule has 1 fully saturated rings. The first-order chi connectivity index (χ1) is 12.7. The van der Waals surface area contributed by atoms with Crippen molar-refractivity contribution in [1.29, 1.82) is 0 Å². The van der Waals surface area contributed by atoms with Crippen molar-refractivity contribution in [2.75, 3.05) is 0 Å². The van der Waals surface area contributed by atoms with Gasteiger partial charge in [0.1, 0.15) is 5.65 Å². The zero-order valence-corrected chi connectivity index (χ0v) is 14.5. The van der Waals surface area contributed by atoms with Gasteiger partial charge >= 0.3 is 0 Å². The molecule has 1 amide bonds. The first-order valence-corrected chi connectivity index (χ1v) is 9.00. The molecule has 3 aromatic rings. The molecule has 4 rings (SSSR count). The van der Waals surface area contributed by atoms with Crippen LogP contribution in [0, 0.1) is 5.92 Å². The third-order valence-corrected chi connectivity index (χ3v) is 4.97. The van der Waals surface area contributed by atoms with Gasteiger partial charge < -0.3 is 14.8 Å². The number of aryl methyl sites for hydroxylation is 1. The zero-order valence-electron chi connectivity index (χ0n) is 14.5. The van der Waals surface area contributed by atoms with Crippen molar-refractivity contribution >= 4 is 11.6 Å². The van der Waals surface area contributed by atoms with Gasteiger partial charge in [0.2, 0.25) is 5.91 Å². The molecule has 134 valence electrons. The van der Waals surface area contributed by atoms with Gasteiger partial charge in [0.15, 0.2) is 0 Å². The van der Waals surface area contributed by atoms with Crippen molar-refractivity contribution in [3.8, 4) is 0 Å². The van der Waals surface area contributed by atoms with Crippen LogP contribution in [0.2, 0.25) is 0 Å². The molecule has 3 aromatic heterocycles. The van der Waals surface area contributed by atoms with Crippen molar-refractivity contribution in [2.45, 2.75) is 37.8 Å². The number of carbonyl (C=O) groups excluding carboxylic acids is 1. The molecule has 26 heavy (non-hydrogen) atoms. The average Bonchev–Trinajstić information content (AvgIpc) is 3.06. The van der Waals surface area contributed by atoms with Gasteiger partial charge in [-0.05, 0) is 49.4 Å². The Labute approximate surface area is 151 Å². The lowest BCUT2D eigenvalue weighted by molar-refractivity contribution is -0.123. The number of nitrogens with zero attached hydrogens (tertiary/aromatic N) is 3. The number of pyridine rings is 2. The van der Waals surface area contributed by atoms with Crippen molar-refractivity contribution in [1.82, 2.24) is 19.7 Å². The molecule has 1 saturated carbocycles. The molecule has 2 N–H and O–H groups in total. The van der Waals surface area contributed by atoms with Gasteiger partial charge in [-0.15, -0.1) is 0 Å². The summed E-state index contributed by atoms with van der Waals surface area (Å²) in [6.07, 6.45) is 7.76. The third kappa shape index (κ3) is 3.60. The zero-order chi connectivity index (χ0) is 17.9. The van der Waals surface area contributed by atoms with E-state index in [9.17, 15) is 9.90 Å². The number of hydrogen-bond donors (Lipinski definition) is 2. The molecule has 6 nitrogen and oxygen atoms in total. The number of fused-ring (bicyclic) bond motifs is 1. The fraction of sp³-hybridized carbons (Fsp3) is 0.350. The number of aliphatic hydroxyl groups excluding tert-OH is 1. The van der Waals surface area contributed by atoms with E-state index in [1.165, 1.54) is 0 Å². The molecule has 1 aliphatic rings. The topological polar surface area (TPSA) is 79.5 Å². The number of carbonyl (C=O) groups is 1. The highest BCUT2D eigenvalue weighted by molar-refractivity contribution is 5.76. The number of aromatic nitrogens is 3. The van der Waals surface area contributed by atoms with E-state index >= 15 is 0 Å². The third-order valence-electron chi connectivity index (χ3n) is 4.97. The molecular formula is C20H22N4O2. The van der Waals surface area contributed by atoms with Crippen LogP contribution in [0.1, 0.15) is 36.7 Å². The summed E-state index contributed by atoms with van der Waals surface area (Å²) in [5, 5.41) is 12.7.